The maximum absolute atomic E-state index is 4.71. The standard InChI is InChI=1S/C63H42N2/c1-63(2)57-35-41(25-27-46(57)47-28-26-42(36-58(47)63)61-49-22-12-11-21-48(49)59(39-15-5-3-6-16-39)53-31-33-64-37-55(53)61)43-29-30-52(45-20-10-9-19-44(43)45)62-51-24-14-13-23-50(51)60(40-17-7-4-8-18-40)54-32-34-65-38-56(54)62/h3-38H,1-2H3. The third kappa shape index (κ3) is 5.60. The van der Waals surface area contributed by atoms with Gasteiger partial charge < -0.3 is 0 Å². The Morgan fingerprint density at radius 1 is 0.277 bits per heavy atom. The molecule has 2 heterocycles. The van der Waals surface area contributed by atoms with Crippen LogP contribution in [0.3, 0.4) is 0 Å². The van der Waals surface area contributed by atoms with Crippen molar-refractivity contribution in [3.05, 3.63) is 230 Å². The zero-order valence-corrected chi connectivity index (χ0v) is 36.2. The molecule has 1 aliphatic carbocycles. The summed E-state index contributed by atoms with van der Waals surface area (Å²) in [6.45, 7) is 4.79. The molecule has 10 aromatic carbocycles. The fourth-order valence-electron chi connectivity index (χ4n) is 11.3. The molecule has 0 atom stereocenters. The van der Waals surface area contributed by atoms with Crippen LogP contribution in [0.1, 0.15) is 25.0 Å². The maximum Gasteiger partial charge on any atom is 0.0353 e. The molecule has 0 amide bonds. The Morgan fingerprint density at radius 2 is 0.646 bits per heavy atom. The molecule has 12 aromatic rings. The summed E-state index contributed by atoms with van der Waals surface area (Å²) in [5.41, 5.74) is 17.3. The van der Waals surface area contributed by atoms with Crippen LogP contribution in [0, 0.1) is 0 Å². The van der Waals surface area contributed by atoms with Crippen molar-refractivity contribution in [1.29, 1.82) is 0 Å². The van der Waals surface area contributed by atoms with E-state index in [9.17, 15) is 0 Å². The summed E-state index contributed by atoms with van der Waals surface area (Å²) >= 11 is 0. The topological polar surface area (TPSA) is 25.8 Å². The van der Waals surface area contributed by atoms with Gasteiger partial charge in [0.15, 0.2) is 0 Å². The molecule has 0 N–H and O–H groups in total. The molecule has 13 rings (SSSR count). The molecule has 0 spiro atoms. The van der Waals surface area contributed by atoms with Crippen LogP contribution >= 0.6 is 0 Å². The molecule has 0 unspecified atom stereocenters. The molecular weight excluding hydrogens is 785 g/mol. The van der Waals surface area contributed by atoms with Crippen molar-refractivity contribution in [2.45, 2.75) is 19.3 Å². The third-order valence-corrected chi connectivity index (χ3v) is 14.2. The van der Waals surface area contributed by atoms with Gasteiger partial charge in [0.25, 0.3) is 0 Å². The van der Waals surface area contributed by atoms with Crippen molar-refractivity contribution < 1.29 is 0 Å². The lowest BCUT2D eigenvalue weighted by Gasteiger charge is -2.24. The smallest absolute Gasteiger partial charge is 0.0353 e. The Balaban J connectivity index is 0.952. The molecular formula is C63H42N2. The van der Waals surface area contributed by atoms with Gasteiger partial charge in [-0.1, -0.05) is 184 Å². The van der Waals surface area contributed by atoms with E-state index < -0.39 is 0 Å². The summed E-state index contributed by atoms with van der Waals surface area (Å²) in [5, 5.41) is 12.2. The predicted octanol–water partition coefficient (Wildman–Crippen LogP) is 16.9. The highest BCUT2D eigenvalue weighted by atomic mass is 14.6. The van der Waals surface area contributed by atoms with Crippen LogP contribution in [0.4, 0.5) is 0 Å². The second-order valence-corrected chi connectivity index (χ2v) is 18.0. The lowest BCUT2D eigenvalue weighted by Crippen LogP contribution is -2.15. The number of hydrogen-bond donors (Lipinski definition) is 0. The summed E-state index contributed by atoms with van der Waals surface area (Å²) in [4.78, 5) is 9.41. The van der Waals surface area contributed by atoms with Crippen molar-refractivity contribution in [3.8, 4) is 66.8 Å². The molecule has 2 heteroatoms. The Labute approximate surface area is 378 Å². The molecule has 0 aliphatic heterocycles. The lowest BCUT2D eigenvalue weighted by atomic mass is 9.79. The molecule has 0 saturated heterocycles. The number of aromatic nitrogens is 2. The van der Waals surface area contributed by atoms with E-state index in [0.717, 1.165) is 5.39 Å². The molecule has 0 bridgehead atoms. The fourth-order valence-corrected chi connectivity index (χ4v) is 11.3. The largest absolute Gasteiger partial charge is 0.264 e. The highest BCUT2D eigenvalue weighted by Crippen LogP contribution is 2.53. The van der Waals surface area contributed by atoms with E-state index in [1.807, 2.05) is 12.4 Å². The minimum Gasteiger partial charge on any atom is -0.264 e. The van der Waals surface area contributed by atoms with Crippen molar-refractivity contribution in [3.63, 3.8) is 0 Å². The van der Waals surface area contributed by atoms with Crippen molar-refractivity contribution >= 4 is 53.9 Å². The number of fused-ring (bicyclic) bond motifs is 8. The Kier molecular flexibility index (Phi) is 8.29. The number of pyridine rings is 2. The first kappa shape index (κ1) is 37.4. The van der Waals surface area contributed by atoms with E-state index >= 15 is 0 Å². The van der Waals surface area contributed by atoms with Gasteiger partial charge in [0.1, 0.15) is 0 Å². The van der Waals surface area contributed by atoms with Gasteiger partial charge in [-0.2, -0.15) is 0 Å². The minimum atomic E-state index is -0.231. The predicted molar refractivity (Wildman–Crippen MR) is 274 cm³/mol. The van der Waals surface area contributed by atoms with Gasteiger partial charge in [-0.25, -0.2) is 0 Å². The summed E-state index contributed by atoms with van der Waals surface area (Å²) in [7, 11) is 0. The first-order valence-corrected chi connectivity index (χ1v) is 22.5. The minimum absolute atomic E-state index is 0.231. The molecule has 304 valence electrons. The van der Waals surface area contributed by atoms with E-state index in [2.05, 4.69) is 220 Å². The summed E-state index contributed by atoms with van der Waals surface area (Å²) < 4.78 is 0. The van der Waals surface area contributed by atoms with Crippen molar-refractivity contribution in [2.24, 2.45) is 0 Å². The lowest BCUT2D eigenvalue weighted by molar-refractivity contribution is 0.661. The summed E-state index contributed by atoms with van der Waals surface area (Å²) in [6.07, 6.45) is 7.96. The molecule has 2 aromatic heterocycles. The van der Waals surface area contributed by atoms with Gasteiger partial charge in [-0.05, 0) is 145 Å². The Hall–Kier alpha value is -8.20. The van der Waals surface area contributed by atoms with E-state index in [1.54, 1.807) is 0 Å². The van der Waals surface area contributed by atoms with Crippen LogP contribution in [-0.4, -0.2) is 9.97 Å². The van der Waals surface area contributed by atoms with Gasteiger partial charge in [-0.3, -0.25) is 9.97 Å². The molecule has 0 radical (unpaired) electrons. The molecule has 0 saturated carbocycles. The summed E-state index contributed by atoms with van der Waals surface area (Å²) in [6, 6.07) is 71.6. The van der Waals surface area contributed by atoms with E-state index in [1.165, 1.54) is 126 Å². The highest BCUT2D eigenvalue weighted by molar-refractivity contribution is 6.24. The first-order chi connectivity index (χ1) is 32.0. The van der Waals surface area contributed by atoms with Crippen LogP contribution in [0.5, 0.6) is 0 Å². The van der Waals surface area contributed by atoms with Crippen molar-refractivity contribution in [1.82, 2.24) is 9.97 Å². The second kappa shape index (κ2) is 14.4. The Bertz CT molecular complexity index is 3790. The summed E-state index contributed by atoms with van der Waals surface area (Å²) in [5.74, 6) is 0. The van der Waals surface area contributed by atoms with Gasteiger partial charge >= 0.3 is 0 Å². The van der Waals surface area contributed by atoms with E-state index in [0.29, 0.717) is 0 Å². The quantitative estimate of drug-likeness (QED) is 0.162. The van der Waals surface area contributed by atoms with Crippen LogP contribution in [0.25, 0.3) is 121 Å². The van der Waals surface area contributed by atoms with E-state index in [-0.39, 0.29) is 5.41 Å². The third-order valence-electron chi connectivity index (χ3n) is 14.2. The van der Waals surface area contributed by atoms with Crippen molar-refractivity contribution in [2.75, 3.05) is 0 Å². The SMILES string of the molecule is CC1(C)c2cc(-c3ccc(-c4c5ccccc5c(-c5ccccc5)c5ccncc45)c4ccccc34)ccc2-c2ccc(-c3c4ccccc4c(-c4ccccc4)c4ccncc34)cc21. The average Bonchev–Trinajstić information content (AvgIpc) is 3.59. The van der Waals surface area contributed by atoms with Gasteiger partial charge in [-0.15, -0.1) is 0 Å². The molecule has 0 fully saturated rings. The van der Waals surface area contributed by atoms with E-state index in [4.69, 9.17) is 9.97 Å². The highest BCUT2D eigenvalue weighted by Gasteiger charge is 2.36. The molecule has 65 heavy (non-hydrogen) atoms. The number of benzene rings is 10. The van der Waals surface area contributed by atoms with Gasteiger partial charge in [0, 0.05) is 41.0 Å². The Morgan fingerprint density at radius 3 is 1.18 bits per heavy atom. The molecule has 1 aliphatic rings. The second-order valence-electron chi connectivity index (χ2n) is 18.0. The monoisotopic (exact) mass is 826 g/mol. The van der Waals surface area contributed by atoms with Crippen LogP contribution in [0.2, 0.25) is 0 Å². The van der Waals surface area contributed by atoms with Crippen LogP contribution in [-0.2, 0) is 5.41 Å². The number of rotatable bonds is 5. The number of nitrogens with zero attached hydrogens (tertiary/aromatic N) is 2. The normalized spacial score (nSPS) is 12.9. The van der Waals surface area contributed by atoms with Gasteiger partial charge in [0.2, 0.25) is 0 Å². The zero-order chi connectivity index (χ0) is 43.2. The molecule has 2 nitrogen and oxygen atoms in total. The number of hydrogen-bond acceptors (Lipinski definition) is 2. The zero-order valence-electron chi connectivity index (χ0n) is 36.2. The average molecular weight is 827 g/mol. The first-order valence-electron chi connectivity index (χ1n) is 22.5. The van der Waals surface area contributed by atoms with Crippen LogP contribution in [0.15, 0.2) is 219 Å². The fraction of sp³-hybridized carbons (Fsp3) is 0.0476. The maximum atomic E-state index is 4.71. The van der Waals surface area contributed by atoms with Crippen LogP contribution < -0.4 is 0 Å². The van der Waals surface area contributed by atoms with Gasteiger partial charge in [0.05, 0.1) is 0 Å².